The zero-order valence-corrected chi connectivity index (χ0v) is 23.0. The summed E-state index contributed by atoms with van der Waals surface area (Å²) in [6.45, 7) is 8.15. The van der Waals surface area contributed by atoms with Crippen LogP contribution in [0.25, 0.3) is 0 Å². The number of halogens is 1. The summed E-state index contributed by atoms with van der Waals surface area (Å²) in [6.07, 6.45) is 1.22. The Kier molecular flexibility index (Phi) is 10.1. The first kappa shape index (κ1) is 27.5. The lowest BCUT2D eigenvalue weighted by Crippen LogP contribution is -2.53. The number of ether oxygens (including phenoxy) is 1. The fourth-order valence-electron chi connectivity index (χ4n) is 3.82. The van der Waals surface area contributed by atoms with Gasteiger partial charge >= 0.3 is 0 Å². The average molecular weight is 552 g/mol. The molecule has 0 aromatic heterocycles. The van der Waals surface area contributed by atoms with E-state index in [9.17, 15) is 9.59 Å². The molecule has 0 unspecified atom stereocenters. The van der Waals surface area contributed by atoms with E-state index >= 15 is 0 Å². The molecule has 0 aliphatic heterocycles. The maximum absolute atomic E-state index is 13.6. The quantitative estimate of drug-likeness (QED) is 0.318. The van der Waals surface area contributed by atoms with Crippen molar-refractivity contribution in [2.24, 2.45) is 0 Å². The Morgan fingerprint density at radius 3 is 2.31 bits per heavy atom. The molecule has 0 aliphatic carbocycles. The molecule has 0 spiro atoms. The number of aryl methyl sites for hydroxylation is 2. The van der Waals surface area contributed by atoms with Crippen LogP contribution in [-0.2, 0) is 22.6 Å². The first-order valence-corrected chi connectivity index (χ1v) is 13.1. The van der Waals surface area contributed by atoms with E-state index in [0.29, 0.717) is 18.7 Å². The maximum atomic E-state index is 13.6. The van der Waals surface area contributed by atoms with Crippen LogP contribution in [0.2, 0.25) is 0 Å². The minimum Gasteiger partial charge on any atom is -0.484 e. The molecule has 0 bridgehead atoms. The van der Waals surface area contributed by atoms with Crippen molar-refractivity contribution in [3.8, 4) is 5.75 Å². The predicted molar refractivity (Wildman–Crippen MR) is 148 cm³/mol. The van der Waals surface area contributed by atoms with Crippen LogP contribution in [0.3, 0.4) is 0 Å². The van der Waals surface area contributed by atoms with Crippen molar-refractivity contribution in [3.05, 3.63) is 99.5 Å². The Balaban J connectivity index is 1.90. The van der Waals surface area contributed by atoms with Crippen molar-refractivity contribution in [1.29, 1.82) is 0 Å². The average Bonchev–Trinajstić information content (AvgIpc) is 2.88. The van der Waals surface area contributed by atoms with Gasteiger partial charge in [-0.2, -0.15) is 0 Å². The van der Waals surface area contributed by atoms with Crippen LogP contribution in [-0.4, -0.2) is 35.4 Å². The molecule has 3 aromatic rings. The van der Waals surface area contributed by atoms with Crippen molar-refractivity contribution >= 4 is 27.7 Å². The van der Waals surface area contributed by atoms with E-state index in [4.69, 9.17) is 4.74 Å². The number of benzene rings is 3. The normalized spacial score (nSPS) is 12.5. The number of carbonyl (C=O) groups is 2. The van der Waals surface area contributed by atoms with Crippen LogP contribution in [0.5, 0.6) is 5.75 Å². The number of nitrogens with one attached hydrogen (secondary N) is 1. The molecule has 5 nitrogen and oxygen atoms in total. The van der Waals surface area contributed by atoms with Gasteiger partial charge in [-0.15, -0.1) is 0 Å². The third-order valence-electron chi connectivity index (χ3n) is 6.24. The Morgan fingerprint density at radius 1 is 0.972 bits per heavy atom. The smallest absolute Gasteiger partial charge is 0.261 e. The fourth-order valence-corrected chi connectivity index (χ4v) is 4.07. The molecule has 6 heteroatoms. The van der Waals surface area contributed by atoms with Crippen LogP contribution in [0.1, 0.15) is 42.5 Å². The van der Waals surface area contributed by atoms with Crippen LogP contribution < -0.4 is 10.1 Å². The molecule has 2 atom stereocenters. The van der Waals surface area contributed by atoms with Crippen LogP contribution in [0.4, 0.5) is 0 Å². The number of hydrogen-bond donors (Lipinski definition) is 1. The van der Waals surface area contributed by atoms with Crippen molar-refractivity contribution in [3.63, 3.8) is 0 Å². The summed E-state index contributed by atoms with van der Waals surface area (Å²) in [5, 5.41) is 3.09. The highest BCUT2D eigenvalue weighted by molar-refractivity contribution is 9.10. The van der Waals surface area contributed by atoms with Gasteiger partial charge in [0.1, 0.15) is 11.8 Å². The second kappa shape index (κ2) is 13.3. The molecular weight excluding hydrogens is 516 g/mol. The molecule has 3 rings (SSSR count). The van der Waals surface area contributed by atoms with Gasteiger partial charge in [-0.3, -0.25) is 9.59 Å². The second-order valence-electron chi connectivity index (χ2n) is 9.23. The zero-order chi connectivity index (χ0) is 26.1. The summed E-state index contributed by atoms with van der Waals surface area (Å²) >= 11 is 3.49. The Morgan fingerprint density at radius 2 is 1.67 bits per heavy atom. The summed E-state index contributed by atoms with van der Waals surface area (Å²) in [5.74, 6) is 0.215. The zero-order valence-electron chi connectivity index (χ0n) is 21.5. The van der Waals surface area contributed by atoms with E-state index in [2.05, 4.69) is 21.2 Å². The Labute approximate surface area is 223 Å². The maximum Gasteiger partial charge on any atom is 0.261 e. The van der Waals surface area contributed by atoms with Crippen molar-refractivity contribution < 1.29 is 14.3 Å². The molecule has 1 N–H and O–H groups in total. The standard InChI is InChI=1S/C30H35BrN2O3/c1-5-23(4)32-30(35)28(18-24-9-7-6-8-10-24)33(19-25-13-11-21(2)12-14-25)29(34)20-36-26-15-16-27(31)22(3)17-26/h6-17,23,28H,5,18-20H2,1-4H3,(H,32,35)/t23-,28-/m1/s1. The lowest BCUT2D eigenvalue weighted by molar-refractivity contribution is -0.143. The molecular formula is C30H35BrN2O3. The third kappa shape index (κ3) is 7.95. The summed E-state index contributed by atoms with van der Waals surface area (Å²) in [6, 6.07) is 22.8. The molecule has 0 saturated carbocycles. The number of carbonyl (C=O) groups excluding carboxylic acids is 2. The van der Waals surface area contributed by atoms with Crippen molar-refractivity contribution in [2.75, 3.05) is 6.61 Å². The Bertz CT molecular complexity index is 1150. The van der Waals surface area contributed by atoms with E-state index in [1.807, 2.05) is 100 Å². The first-order chi connectivity index (χ1) is 17.3. The minimum atomic E-state index is -0.676. The molecule has 36 heavy (non-hydrogen) atoms. The van der Waals surface area contributed by atoms with Crippen LogP contribution in [0.15, 0.2) is 77.3 Å². The third-order valence-corrected chi connectivity index (χ3v) is 7.13. The molecule has 0 saturated heterocycles. The molecule has 190 valence electrons. The van der Waals surface area contributed by atoms with Gasteiger partial charge in [0.05, 0.1) is 0 Å². The molecule has 0 radical (unpaired) electrons. The molecule has 0 heterocycles. The van der Waals surface area contributed by atoms with Crippen LogP contribution in [0, 0.1) is 13.8 Å². The topological polar surface area (TPSA) is 58.6 Å². The SMILES string of the molecule is CC[C@@H](C)NC(=O)[C@@H](Cc1ccccc1)N(Cc1ccc(C)cc1)C(=O)COc1ccc(Br)c(C)c1. The number of hydrogen-bond acceptors (Lipinski definition) is 3. The summed E-state index contributed by atoms with van der Waals surface area (Å²) in [7, 11) is 0. The lowest BCUT2D eigenvalue weighted by atomic mass is 10.0. The summed E-state index contributed by atoms with van der Waals surface area (Å²) < 4.78 is 6.86. The van der Waals surface area contributed by atoms with Gasteiger partial charge in [0.2, 0.25) is 5.91 Å². The van der Waals surface area contributed by atoms with Gasteiger partial charge in [0.15, 0.2) is 6.61 Å². The number of nitrogens with zero attached hydrogens (tertiary/aromatic N) is 1. The van der Waals surface area contributed by atoms with Gasteiger partial charge < -0.3 is 15.0 Å². The van der Waals surface area contributed by atoms with E-state index in [-0.39, 0.29) is 24.5 Å². The van der Waals surface area contributed by atoms with Gasteiger partial charge in [0, 0.05) is 23.5 Å². The van der Waals surface area contributed by atoms with E-state index in [0.717, 1.165) is 33.1 Å². The van der Waals surface area contributed by atoms with Gasteiger partial charge in [0.25, 0.3) is 5.91 Å². The highest BCUT2D eigenvalue weighted by Gasteiger charge is 2.31. The van der Waals surface area contributed by atoms with E-state index in [1.54, 1.807) is 4.90 Å². The second-order valence-corrected chi connectivity index (χ2v) is 10.1. The first-order valence-electron chi connectivity index (χ1n) is 12.3. The monoisotopic (exact) mass is 550 g/mol. The number of amides is 2. The van der Waals surface area contributed by atoms with E-state index < -0.39 is 6.04 Å². The molecule has 0 fully saturated rings. The lowest BCUT2D eigenvalue weighted by Gasteiger charge is -2.32. The van der Waals surface area contributed by atoms with Crippen molar-refractivity contribution in [2.45, 2.75) is 59.2 Å². The van der Waals surface area contributed by atoms with Crippen molar-refractivity contribution in [1.82, 2.24) is 10.2 Å². The largest absolute Gasteiger partial charge is 0.484 e. The minimum absolute atomic E-state index is 0.00842. The van der Waals surface area contributed by atoms with Gasteiger partial charge in [-0.05, 0) is 62.1 Å². The number of rotatable bonds is 11. The van der Waals surface area contributed by atoms with Gasteiger partial charge in [-0.25, -0.2) is 0 Å². The van der Waals surface area contributed by atoms with E-state index in [1.165, 1.54) is 0 Å². The highest BCUT2D eigenvalue weighted by Crippen LogP contribution is 2.22. The summed E-state index contributed by atoms with van der Waals surface area (Å²) in [5.41, 5.74) is 4.11. The Hall–Kier alpha value is -3.12. The van der Waals surface area contributed by atoms with Crippen LogP contribution >= 0.6 is 15.9 Å². The summed E-state index contributed by atoms with van der Waals surface area (Å²) in [4.78, 5) is 28.8. The molecule has 0 aliphatic rings. The molecule has 2 amide bonds. The fraction of sp³-hybridized carbons (Fsp3) is 0.333. The predicted octanol–water partition coefficient (Wildman–Crippen LogP) is 6.00. The highest BCUT2D eigenvalue weighted by atomic mass is 79.9. The van der Waals surface area contributed by atoms with Gasteiger partial charge in [-0.1, -0.05) is 83.0 Å². The molecule has 3 aromatic carbocycles.